The lowest BCUT2D eigenvalue weighted by Gasteiger charge is -2.16. The number of rotatable bonds is 19. The van der Waals surface area contributed by atoms with E-state index in [0.717, 1.165) is 72.8 Å². The fraction of sp³-hybridized carbons (Fsp3) is 0.0612. The molecule has 0 spiro atoms. The average Bonchev–Trinajstić information content (AvgIpc) is 0.776. The third-order valence-electron chi connectivity index (χ3n) is 12.8. The second-order valence-electron chi connectivity index (χ2n) is 19.0. The summed E-state index contributed by atoms with van der Waals surface area (Å²) >= 11 is 0. The number of benzene rings is 8. The zero-order valence-corrected chi connectivity index (χ0v) is 49.7. The van der Waals surface area contributed by atoms with E-state index in [-0.39, 0.29) is 62.1 Å². The minimum absolute atomic E-state index is 0.0233. The van der Waals surface area contributed by atoms with E-state index in [9.17, 15) is 96.8 Å². The first-order valence-corrected chi connectivity index (χ1v) is 33.3. The van der Waals surface area contributed by atoms with Crippen molar-refractivity contribution in [2.75, 3.05) is 27.8 Å². The number of anilines is 6. The number of aromatic hydroxyl groups is 2. The fourth-order valence-corrected chi connectivity index (χ4v) is 13.5. The summed E-state index contributed by atoms with van der Waals surface area (Å²) in [5, 5.41) is 46.1. The van der Waals surface area contributed by atoms with E-state index in [1.165, 1.54) is 43.3 Å². The predicted molar refractivity (Wildman–Crippen MR) is 314 cm³/mol. The van der Waals surface area contributed by atoms with Gasteiger partial charge in [-0.25, -0.2) is 0 Å². The van der Waals surface area contributed by atoms with Crippen molar-refractivity contribution in [3.05, 3.63) is 121 Å². The topological polar surface area (TPSA) is 542 Å². The number of azo groups is 2. The zero-order valence-electron chi connectivity index (χ0n) is 44.8. The molecular weight excluding hydrogens is 1340 g/mol. The van der Waals surface area contributed by atoms with Gasteiger partial charge in [-0.15, -0.1) is 20.5 Å². The molecule has 1 unspecified atom stereocenters. The number of aromatic nitrogens is 6. The maximum atomic E-state index is 14.9. The Morgan fingerprint density at radius 3 is 1.19 bits per heavy atom. The molecule has 0 amide bonds. The SMILES string of the molecule is CC(CNc1nc(F)nc(Nc2ccc3c(O)c(N=Nc4ccc5c(S(=O)(=O)O)cccc5c4S(=O)(=O)O)c(S(=O)(=O)O)cc3c2)n1)Nc1nc(F)nc(Nc2ccc3c(O)c(N=Nc4ccc5c(S(=O)(=O)O)cccc5c4S(=O)(=O)O)c(S(=O)(=O)O)cc3c2)n1. The van der Waals surface area contributed by atoms with E-state index in [2.05, 4.69) is 71.6 Å². The van der Waals surface area contributed by atoms with Crippen LogP contribution in [-0.2, 0) is 60.7 Å². The van der Waals surface area contributed by atoms with Gasteiger partial charge in [0.1, 0.15) is 52.1 Å². The quantitative estimate of drug-likeness (QED) is 0.0269. The minimum Gasteiger partial charge on any atom is -0.505 e. The second kappa shape index (κ2) is 23.5. The number of fused-ring (bicyclic) bond motifs is 4. The Morgan fingerprint density at radius 2 is 0.791 bits per heavy atom. The number of phenols is 2. The lowest BCUT2D eigenvalue weighted by atomic mass is 10.1. The van der Waals surface area contributed by atoms with Crippen LogP contribution < -0.4 is 21.3 Å². The van der Waals surface area contributed by atoms with Crippen molar-refractivity contribution >= 4 is 162 Å². The van der Waals surface area contributed by atoms with E-state index >= 15 is 0 Å². The fourth-order valence-electron chi connectivity index (χ4n) is 9.11. The van der Waals surface area contributed by atoms with E-state index in [0.29, 0.717) is 0 Å². The van der Waals surface area contributed by atoms with Gasteiger partial charge in [0.25, 0.3) is 60.7 Å². The van der Waals surface area contributed by atoms with Gasteiger partial charge in [-0.05, 0) is 90.5 Å². The highest BCUT2D eigenvalue weighted by Crippen LogP contribution is 2.46. The zero-order chi connectivity index (χ0) is 66.1. The van der Waals surface area contributed by atoms with Crippen LogP contribution in [0, 0.1) is 12.2 Å². The molecule has 2 heterocycles. The van der Waals surface area contributed by atoms with Crippen molar-refractivity contribution in [1.82, 2.24) is 29.9 Å². The predicted octanol–water partition coefficient (Wildman–Crippen LogP) is 8.07. The van der Waals surface area contributed by atoms with Crippen molar-refractivity contribution in [3.8, 4) is 11.5 Å². The highest BCUT2D eigenvalue weighted by Gasteiger charge is 2.29. The van der Waals surface area contributed by atoms with Gasteiger partial charge in [0.05, 0.1) is 0 Å². The maximum absolute atomic E-state index is 14.9. The van der Waals surface area contributed by atoms with Crippen molar-refractivity contribution in [2.45, 2.75) is 42.3 Å². The van der Waals surface area contributed by atoms with Gasteiger partial charge in [-0.3, -0.25) is 27.3 Å². The van der Waals surface area contributed by atoms with Crippen LogP contribution in [0.5, 0.6) is 11.5 Å². The number of hydrogen-bond acceptors (Lipinski definition) is 28. The Bertz CT molecular complexity index is 5570. The van der Waals surface area contributed by atoms with Gasteiger partial charge >= 0.3 is 12.2 Å². The summed E-state index contributed by atoms with van der Waals surface area (Å²) in [5.41, 5.74) is -3.22. The Kier molecular flexibility index (Phi) is 16.6. The molecule has 91 heavy (non-hydrogen) atoms. The molecule has 12 N–H and O–H groups in total. The highest BCUT2D eigenvalue weighted by molar-refractivity contribution is 7.87. The van der Waals surface area contributed by atoms with Crippen LogP contribution in [0.4, 0.5) is 66.7 Å². The van der Waals surface area contributed by atoms with E-state index < -0.39 is 165 Å². The summed E-state index contributed by atoms with van der Waals surface area (Å²) in [7, 11) is -31.0. The summed E-state index contributed by atoms with van der Waals surface area (Å²) in [5.74, 6) is -3.49. The molecule has 10 rings (SSSR count). The number of hydrogen-bond donors (Lipinski definition) is 12. The number of halogens is 2. The van der Waals surface area contributed by atoms with Gasteiger partial charge in [-0.1, -0.05) is 36.4 Å². The third kappa shape index (κ3) is 13.7. The molecule has 0 aliphatic carbocycles. The summed E-state index contributed by atoms with van der Waals surface area (Å²) in [6.07, 6.45) is -2.64. The van der Waals surface area contributed by atoms with Crippen LogP contribution in [0.3, 0.4) is 0 Å². The third-order valence-corrected chi connectivity index (χ3v) is 18.3. The first-order valence-electron chi connectivity index (χ1n) is 24.7. The molecule has 0 saturated heterocycles. The molecule has 0 saturated carbocycles. The Hall–Kier alpha value is -9.86. The molecule has 10 aromatic rings. The van der Waals surface area contributed by atoms with Crippen LogP contribution in [0.15, 0.2) is 159 Å². The summed E-state index contributed by atoms with van der Waals surface area (Å²) in [6.45, 7) is 1.38. The van der Waals surface area contributed by atoms with E-state index in [1.807, 2.05) is 0 Å². The van der Waals surface area contributed by atoms with Crippen LogP contribution in [0.25, 0.3) is 43.1 Å². The Morgan fingerprint density at radius 1 is 0.418 bits per heavy atom. The van der Waals surface area contributed by atoms with Gasteiger partial charge in [0, 0.05) is 56.3 Å². The smallest absolute Gasteiger partial charge is 0.315 e. The summed E-state index contributed by atoms with van der Waals surface area (Å²) in [6, 6.07) is 18.1. The average molecular weight is 1370 g/mol. The molecule has 0 bridgehead atoms. The molecule has 0 aliphatic heterocycles. The molecule has 8 aromatic carbocycles. The first-order chi connectivity index (χ1) is 42.4. The lowest BCUT2D eigenvalue weighted by molar-refractivity contribution is 0.471. The van der Waals surface area contributed by atoms with Crippen molar-refractivity contribution in [3.63, 3.8) is 0 Å². The Labute approximate surface area is 509 Å². The van der Waals surface area contributed by atoms with Gasteiger partial charge in [0.15, 0.2) is 11.5 Å². The highest BCUT2D eigenvalue weighted by atomic mass is 32.2. The molecule has 42 heteroatoms. The normalized spacial score (nSPS) is 13.2. The monoisotopic (exact) mass is 1370 g/mol. The molecular formula is C49H36F2N14O20S6. The van der Waals surface area contributed by atoms with Crippen LogP contribution in [0.2, 0.25) is 0 Å². The molecule has 472 valence electrons. The first kappa shape index (κ1) is 64.1. The van der Waals surface area contributed by atoms with Crippen molar-refractivity contribution in [1.29, 1.82) is 0 Å². The van der Waals surface area contributed by atoms with Gasteiger partial charge in [-0.2, -0.15) is 89.2 Å². The standard InChI is InChI=1S/C49H36F2N14O20S6/c1-21(53-47-57-45(51)59-49(61-47)55-25-9-11-27-23(17-25)19-37(89(77,78)79)39(41(27)67)65-63-33-15-13-29-31(43(33)91(83,84)85)5-3-7-35(29)87(71,72)73)20-52-46-56-44(50)58-48(60-46)54-24-8-10-26-22(16-24)18-36(88(74,75)76)38(40(26)66)64-62-32-14-12-28-30(42(32)90(80,81)82)4-2-6-34(28)86(68,69)70/h2-19,21,66-67H,20H2,1H3,(H,68,69,70)(H,71,72,73)(H,74,75,76)(H,77,78,79)(H,80,81,82)(H,83,84,85)(H2,52,54,56,58,60)(H2,53,55,57,59,61). The Balaban J connectivity index is 0.842. The molecule has 0 aliphatic rings. The van der Waals surface area contributed by atoms with Crippen LogP contribution in [-0.4, -0.2) is 131 Å². The van der Waals surface area contributed by atoms with Crippen LogP contribution >= 0.6 is 0 Å². The number of phenolic OH excluding ortho intramolecular Hbond substituents is 2. The second-order valence-corrected chi connectivity index (χ2v) is 27.3. The number of nitrogens with zero attached hydrogens (tertiary/aromatic N) is 10. The van der Waals surface area contributed by atoms with Gasteiger partial charge in [0.2, 0.25) is 23.8 Å². The number of nitrogens with one attached hydrogen (secondary N) is 4. The van der Waals surface area contributed by atoms with E-state index in [4.69, 9.17) is 0 Å². The van der Waals surface area contributed by atoms with Gasteiger partial charge < -0.3 is 31.5 Å². The molecule has 1 atom stereocenters. The largest absolute Gasteiger partial charge is 0.505 e. The molecule has 34 nitrogen and oxygen atoms in total. The van der Waals surface area contributed by atoms with E-state index in [1.54, 1.807) is 0 Å². The molecule has 2 aromatic heterocycles. The maximum Gasteiger partial charge on any atom is 0.315 e. The molecule has 0 radical (unpaired) electrons. The van der Waals surface area contributed by atoms with Crippen molar-refractivity contribution < 1.29 is 96.8 Å². The summed E-state index contributed by atoms with van der Waals surface area (Å²) < 4.78 is 239. The minimum atomic E-state index is -5.30. The summed E-state index contributed by atoms with van der Waals surface area (Å²) in [4.78, 5) is 17.0. The van der Waals surface area contributed by atoms with Crippen molar-refractivity contribution in [2.24, 2.45) is 20.5 Å². The lowest BCUT2D eigenvalue weighted by Crippen LogP contribution is -2.27. The molecule has 0 fully saturated rings. The van der Waals surface area contributed by atoms with Crippen LogP contribution in [0.1, 0.15) is 6.92 Å².